The molecule has 1 amide bonds. The molecule has 1 aromatic heterocycles. The van der Waals surface area contributed by atoms with Gasteiger partial charge in [-0.1, -0.05) is 31.2 Å². The van der Waals surface area contributed by atoms with Crippen molar-refractivity contribution in [1.82, 2.24) is 10.3 Å². The van der Waals surface area contributed by atoms with Crippen LogP contribution >= 0.6 is 24.8 Å². The first-order valence-corrected chi connectivity index (χ1v) is 9.81. The maximum Gasteiger partial charge on any atom is 0.227 e. The Bertz CT molecular complexity index is 1030. The van der Waals surface area contributed by atoms with Gasteiger partial charge < -0.3 is 20.1 Å². The molecule has 1 fully saturated rings. The lowest BCUT2D eigenvalue weighted by molar-refractivity contribution is -0.121. The molecule has 0 spiro atoms. The number of aromatic nitrogens is 1. The highest BCUT2D eigenvalue weighted by Crippen LogP contribution is 2.31. The van der Waals surface area contributed by atoms with Gasteiger partial charge in [-0.2, -0.15) is 0 Å². The van der Waals surface area contributed by atoms with E-state index in [-0.39, 0.29) is 36.6 Å². The number of hydrogen-bond acceptors (Lipinski definition) is 5. The van der Waals surface area contributed by atoms with Gasteiger partial charge in [-0.05, 0) is 43.3 Å². The number of amides is 1. The Hall–Kier alpha value is -2.54. The molecule has 1 aliphatic rings. The van der Waals surface area contributed by atoms with Crippen LogP contribution in [0.4, 0.5) is 5.69 Å². The zero-order chi connectivity index (χ0) is 20.2. The highest BCUT2D eigenvalue weighted by atomic mass is 35.5. The van der Waals surface area contributed by atoms with E-state index >= 15 is 0 Å². The number of carbonyl (C=O) groups excluding carboxylic acids is 1. The summed E-state index contributed by atoms with van der Waals surface area (Å²) in [6, 6.07) is 17.4. The highest BCUT2D eigenvalue weighted by molar-refractivity contribution is 5.93. The van der Waals surface area contributed by atoms with Gasteiger partial charge >= 0.3 is 0 Å². The van der Waals surface area contributed by atoms with E-state index in [1.165, 1.54) is 0 Å². The van der Waals surface area contributed by atoms with Crippen LogP contribution in [0.25, 0.3) is 10.9 Å². The van der Waals surface area contributed by atoms with Crippen LogP contribution in [0.1, 0.15) is 12.6 Å². The molecule has 0 radical (unpaired) electrons. The smallest absolute Gasteiger partial charge is 0.227 e. The van der Waals surface area contributed by atoms with Crippen molar-refractivity contribution < 1.29 is 14.3 Å². The lowest BCUT2D eigenvalue weighted by Gasteiger charge is -2.31. The predicted octanol–water partition coefficient (Wildman–Crippen LogP) is 4.46. The van der Waals surface area contributed by atoms with Gasteiger partial charge in [0, 0.05) is 23.1 Å². The Morgan fingerprint density at radius 2 is 1.90 bits per heavy atom. The number of halogens is 2. The van der Waals surface area contributed by atoms with Gasteiger partial charge in [-0.25, -0.2) is 4.98 Å². The first kappa shape index (κ1) is 24.7. The third kappa shape index (κ3) is 5.79. The molecule has 0 aliphatic carbocycles. The molecular weight excluding hydrogens is 437 g/mol. The molecule has 2 heterocycles. The molecule has 0 bridgehead atoms. The van der Waals surface area contributed by atoms with Gasteiger partial charge in [0.1, 0.15) is 6.61 Å². The Morgan fingerprint density at radius 3 is 2.61 bits per heavy atom. The van der Waals surface area contributed by atoms with Crippen molar-refractivity contribution in [3.05, 3.63) is 60.3 Å². The Balaban J connectivity index is 0.00000171. The zero-order valence-corrected chi connectivity index (χ0v) is 19.1. The van der Waals surface area contributed by atoms with Crippen molar-refractivity contribution >= 4 is 47.3 Å². The number of hydrogen-bond donors (Lipinski definition) is 2. The number of nitrogens with one attached hydrogen (secondary N) is 2. The number of anilines is 1. The fourth-order valence-corrected chi connectivity index (χ4v) is 3.34. The fourth-order valence-electron chi connectivity index (χ4n) is 3.34. The van der Waals surface area contributed by atoms with Crippen molar-refractivity contribution in [2.24, 2.45) is 11.8 Å². The van der Waals surface area contributed by atoms with Crippen LogP contribution in [0.2, 0.25) is 0 Å². The number of para-hydroxylation sites is 1. The predicted molar refractivity (Wildman–Crippen MR) is 128 cm³/mol. The van der Waals surface area contributed by atoms with E-state index in [0.717, 1.165) is 29.7 Å². The van der Waals surface area contributed by atoms with Crippen LogP contribution in [0.15, 0.2) is 54.6 Å². The lowest BCUT2D eigenvalue weighted by Crippen LogP contribution is -2.48. The Kier molecular flexibility index (Phi) is 8.92. The first-order chi connectivity index (χ1) is 14.1. The lowest BCUT2D eigenvalue weighted by atomic mass is 9.88. The molecule has 6 nitrogen and oxygen atoms in total. The summed E-state index contributed by atoms with van der Waals surface area (Å²) in [6.07, 6.45) is 0. The van der Waals surface area contributed by atoms with E-state index in [0.29, 0.717) is 29.7 Å². The minimum absolute atomic E-state index is 0. The fraction of sp³-hybridized carbons (Fsp3) is 0.304. The molecule has 4 rings (SSSR count). The summed E-state index contributed by atoms with van der Waals surface area (Å²) >= 11 is 0. The van der Waals surface area contributed by atoms with Gasteiger partial charge in [-0.15, -0.1) is 24.8 Å². The van der Waals surface area contributed by atoms with Crippen LogP contribution in [-0.2, 0) is 11.4 Å². The van der Waals surface area contributed by atoms with Gasteiger partial charge in [-0.3, -0.25) is 4.79 Å². The molecule has 2 aromatic carbocycles. The van der Waals surface area contributed by atoms with Crippen LogP contribution < -0.4 is 20.1 Å². The quantitative estimate of drug-likeness (QED) is 0.540. The van der Waals surface area contributed by atoms with E-state index in [4.69, 9.17) is 9.47 Å². The molecule has 1 unspecified atom stereocenters. The van der Waals surface area contributed by atoms with E-state index in [9.17, 15) is 4.79 Å². The third-order valence-corrected chi connectivity index (χ3v) is 5.40. The maximum absolute atomic E-state index is 12.5. The third-order valence-electron chi connectivity index (χ3n) is 5.40. The standard InChI is InChI=1S/C23H25N3O3.2ClH/c1-15(17-12-24-13-17)23(27)26-18-9-10-21(28-2)22(11-18)29-14-19-8-7-16-5-3-4-6-20(16)25-19;;/h3-11,15,17,24H,12-14H2,1-2H3,(H,26,27);2*1H. The highest BCUT2D eigenvalue weighted by Gasteiger charge is 2.28. The van der Waals surface area contributed by atoms with E-state index < -0.39 is 0 Å². The van der Waals surface area contributed by atoms with Crippen LogP contribution in [-0.4, -0.2) is 31.1 Å². The van der Waals surface area contributed by atoms with Gasteiger partial charge in [0.25, 0.3) is 0 Å². The van der Waals surface area contributed by atoms with Crippen LogP contribution in [0.5, 0.6) is 11.5 Å². The first-order valence-electron chi connectivity index (χ1n) is 9.81. The monoisotopic (exact) mass is 463 g/mol. The molecule has 1 aliphatic heterocycles. The minimum Gasteiger partial charge on any atom is -0.493 e. The van der Waals surface area contributed by atoms with E-state index in [1.807, 2.05) is 49.4 Å². The largest absolute Gasteiger partial charge is 0.493 e. The van der Waals surface area contributed by atoms with Crippen molar-refractivity contribution in [2.75, 3.05) is 25.5 Å². The second-order valence-corrected chi connectivity index (χ2v) is 7.35. The van der Waals surface area contributed by atoms with Crippen LogP contribution in [0, 0.1) is 11.8 Å². The van der Waals surface area contributed by atoms with E-state index in [1.54, 1.807) is 19.2 Å². The van der Waals surface area contributed by atoms with Crippen molar-refractivity contribution in [2.45, 2.75) is 13.5 Å². The summed E-state index contributed by atoms with van der Waals surface area (Å²) in [4.78, 5) is 17.1. The van der Waals surface area contributed by atoms with Gasteiger partial charge in [0.2, 0.25) is 5.91 Å². The normalized spacial score (nSPS) is 13.9. The SMILES string of the molecule is COc1ccc(NC(=O)C(C)C2CNC2)cc1OCc1ccc2ccccc2n1.Cl.Cl. The molecule has 0 saturated carbocycles. The number of rotatable bonds is 7. The number of ether oxygens (including phenoxy) is 2. The maximum atomic E-state index is 12.5. The van der Waals surface area contributed by atoms with Crippen molar-refractivity contribution in [3.8, 4) is 11.5 Å². The molecular formula is C23H27Cl2N3O3. The average Bonchev–Trinajstić information content (AvgIpc) is 2.71. The second kappa shape index (κ2) is 11.2. The Labute approximate surface area is 194 Å². The molecule has 166 valence electrons. The second-order valence-electron chi connectivity index (χ2n) is 7.35. The number of fused-ring (bicyclic) bond motifs is 1. The topological polar surface area (TPSA) is 72.5 Å². The minimum atomic E-state index is -0.0375. The molecule has 1 atom stereocenters. The molecule has 8 heteroatoms. The number of pyridine rings is 1. The summed E-state index contributed by atoms with van der Waals surface area (Å²) in [7, 11) is 1.60. The molecule has 3 aromatic rings. The average molecular weight is 464 g/mol. The summed E-state index contributed by atoms with van der Waals surface area (Å²) in [5, 5.41) is 7.28. The number of nitrogens with zero attached hydrogens (tertiary/aromatic N) is 1. The number of benzene rings is 2. The summed E-state index contributed by atoms with van der Waals surface area (Å²) in [6.45, 7) is 4.06. The summed E-state index contributed by atoms with van der Waals surface area (Å²) in [5.41, 5.74) is 2.45. The van der Waals surface area contributed by atoms with Gasteiger partial charge in [0.15, 0.2) is 11.5 Å². The number of methoxy groups -OCH3 is 1. The zero-order valence-electron chi connectivity index (χ0n) is 17.5. The van der Waals surface area contributed by atoms with Gasteiger partial charge in [0.05, 0.1) is 18.3 Å². The van der Waals surface area contributed by atoms with Crippen molar-refractivity contribution in [1.29, 1.82) is 0 Å². The molecule has 2 N–H and O–H groups in total. The summed E-state index contributed by atoms with van der Waals surface area (Å²) < 4.78 is 11.4. The molecule has 1 saturated heterocycles. The van der Waals surface area contributed by atoms with E-state index in [2.05, 4.69) is 15.6 Å². The molecule has 31 heavy (non-hydrogen) atoms. The number of carbonyl (C=O) groups is 1. The van der Waals surface area contributed by atoms with Crippen molar-refractivity contribution in [3.63, 3.8) is 0 Å². The Morgan fingerprint density at radius 1 is 1.13 bits per heavy atom. The van der Waals surface area contributed by atoms with Crippen LogP contribution in [0.3, 0.4) is 0 Å². The summed E-state index contributed by atoms with van der Waals surface area (Å²) in [5.74, 6) is 1.55.